The Hall–Kier alpha value is -2.75. The van der Waals surface area contributed by atoms with Crippen LogP contribution in [0.2, 0.25) is 0 Å². The first kappa shape index (κ1) is 29.8. The summed E-state index contributed by atoms with van der Waals surface area (Å²) in [5.41, 5.74) is 11.5. The summed E-state index contributed by atoms with van der Waals surface area (Å²) in [5.74, 6) is -1.87. The Morgan fingerprint density at radius 1 is 1.34 bits per heavy atom. The molecule has 16 heteroatoms. The molecule has 1 fully saturated rings. The number of carboxylic acid groups (broad SMARTS) is 1. The fourth-order valence-electron chi connectivity index (χ4n) is 3.96. The van der Waals surface area contributed by atoms with E-state index in [2.05, 4.69) is 14.8 Å². The number of nitrogens with zero attached hydrogens (tertiary/aromatic N) is 2. The zero-order valence-corrected chi connectivity index (χ0v) is 21.2. The van der Waals surface area contributed by atoms with Gasteiger partial charge in [-0.3, -0.25) is 13.9 Å². The van der Waals surface area contributed by atoms with Crippen molar-refractivity contribution in [2.45, 2.75) is 56.7 Å². The predicted molar refractivity (Wildman–Crippen MR) is 132 cm³/mol. The Bertz CT molecular complexity index is 1240. The molecule has 1 aliphatic heterocycles. The monoisotopic (exact) mass is 559 g/mol. The fraction of sp³-hybridized carbons (Fsp3) is 0.500. The van der Waals surface area contributed by atoms with Gasteiger partial charge in [0.15, 0.2) is 0 Å². The highest BCUT2D eigenvalue weighted by atomic mass is 31.2. The second kappa shape index (κ2) is 12.9. The van der Waals surface area contributed by atoms with Crippen molar-refractivity contribution in [2.75, 3.05) is 18.9 Å². The van der Waals surface area contributed by atoms with Crippen LogP contribution in [0.4, 0.5) is 10.2 Å². The van der Waals surface area contributed by atoms with Crippen molar-refractivity contribution in [3.8, 4) is 11.1 Å². The van der Waals surface area contributed by atoms with Crippen molar-refractivity contribution in [2.24, 2.45) is 5.73 Å². The molecule has 14 nitrogen and oxygen atoms in total. The normalized spacial score (nSPS) is 20.5. The third kappa shape index (κ3) is 8.12. The van der Waals surface area contributed by atoms with E-state index in [1.165, 1.54) is 12.3 Å². The number of phosphoric acid groups is 1. The van der Waals surface area contributed by atoms with Crippen LogP contribution in [0.1, 0.15) is 37.5 Å². The summed E-state index contributed by atoms with van der Waals surface area (Å²) in [7, 11) is -4.79. The molecule has 4 atom stereocenters. The number of nitrogens with one attached hydrogen (secondary N) is 1. The van der Waals surface area contributed by atoms with Crippen LogP contribution in [0.3, 0.4) is 0 Å². The molecule has 1 aromatic heterocycles. The lowest BCUT2D eigenvalue weighted by atomic mass is 10.0. The van der Waals surface area contributed by atoms with Crippen LogP contribution in [0.15, 0.2) is 29.2 Å². The molecule has 0 unspecified atom stereocenters. The molecule has 0 spiro atoms. The molecule has 2 heterocycles. The molecule has 1 aromatic carbocycles. The molecule has 3 rings (SSSR count). The number of nitrogens with two attached hydrogens (primary N) is 2. The molecule has 0 radical (unpaired) electrons. The van der Waals surface area contributed by atoms with Gasteiger partial charge in [0.2, 0.25) is 0 Å². The van der Waals surface area contributed by atoms with E-state index in [1.54, 1.807) is 12.1 Å². The van der Waals surface area contributed by atoms with Crippen LogP contribution in [0.5, 0.6) is 0 Å². The number of ether oxygens (including phenoxy) is 1. The van der Waals surface area contributed by atoms with Crippen molar-refractivity contribution in [1.29, 1.82) is 0 Å². The Morgan fingerprint density at radius 3 is 2.76 bits per heavy atom. The summed E-state index contributed by atoms with van der Waals surface area (Å²) in [6.07, 6.45) is -0.528. The lowest BCUT2D eigenvalue weighted by Crippen LogP contribution is -2.30. The van der Waals surface area contributed by atoms with E-state index in [0.717, 1.165) is 4.57 Å². The number of carbonyl (C=O) groups is 1. The van der Waals surface area contributed by atoms with Gasteiger partial charge >= 0.3 is 19.5 Å². The molecule has 9 N–H and O–H groups in total. The van der Waals surface area contributed by atoms with Crippen molar-refractivity contribution in [1.82, 2.24) is 14.9 Å². The smallest absolute Gasteiger partial charge is 0.469 e. The Kier molecular flexibility index (Phi) is 10.1. The number of phosphoric ester groups is 1. The summed E-state index contributed by atoms with van der Waals surface area (Å²) >= 11 is 0. The number of rotatable bonds is 13. The zero-order valence-electron chi connectivity index (χ0n) is 20.3. The standard InChI is InChI=1S/C22H31FN5O9P/c23-15-5-4-12(9-26-6-2-1-3-16(24)21(30)31)7-13(15)14-10-28(22(32)27-20(14)25)19-8-17(29)18(37-19)11-36-38(33,34)35/h4-5,7,10,16-19,26,29H,1-3,6,8-9,11,24H2,(H,30,31)(H2,25,27,32)(H2,33,34,35)/t16-,17-,18+,19+/m0/s1. The summed E-state index contributed by atoms with van der Waals surface area (Å²) in [4.78, 5) is 44.8. The average molecular weight is 559 g/mol. The van der Waals surface area contributed by atoms with E-state index in [4.69, 9.17) is 31.1 Å². The van der Waals surface area contributed by atoms with E-state index in [0.29, 0.717) is 37.9 Å². The van der Waals surface area contributed by atoms with Crippen molar-refractivity contribution >= 4 is 19.6 Å². The maximum atomic E-state index is 14.8. The number of anilines is 1. The first-order valence-corrected chi connectivity index (χ1v) is 13.3. The third-order valence-electron chi connectivity index (χ3n) is 5.99. The Morgan fingerprint density at radius 2 is 2.08 bits per heavy atom. The molecular formula is C22H31FN5O9P. The highest BCUT2D eigenvalue weighted by Gasteiger charge is 2.37. The van der Waals surface area contributed by atoms with Crippen LogP contribution < -0.4 is 22.5 Å². The van der Waals surface area contributed by atoms with Gasteiger partial charge in [0.05, 0.1) is 12.7 Å². The molecule has 210 valence electrons. The number of aromatic nitrogens is 2. The van der Waals surface area contributed by atoms with Gasteiger partial charge in [0.1, 0.15) is 30.0 Å². The SMILES string of the molecule is Nc1nc(=O)n([C@H]2C[C@H](O)[C@@H](COP(=O)(O)O)O2)cc1-c1cc(CNCCCC[C@H](N)C(=O)O)ccc1F. The van der Waals surface area contributed by atoms with Gasteiger partial charge in [-0.25, -0.2) is 13.8 Å². The average Bonchev–Trinajstić information content (AvgIpc) is 3.20. The Balaban J connectivity index is 1.70. The zero-order chi connectivity index (χ0) is 28.0. The van der Waals surface area contributed by atoms with Gasteiger partial charge in [0, 0.05) is 30.3 Å². The van der Waals surface area contributed by atoms with Gasteiger partial charge < -0.3 is 41.5 Å². The number of aliphatic carboxylic acids is 1. The van der Waals surface area contributed by atoms with E-state index >= 15 is 0 Å². The highest BCUT2D eigenvalue weighted by Crippen LogP contribution is 2.38. The van der Waals surface area contributed by atoms with Gasteiger partial charge in [0.25, 0.3) is 0 Å². The quantitative estimate of drug-likeness (QED) is 0.127. The molecule has 0 amide bonds. The number of aliphatic hydroxyl groups excluding tert-OH is 1. The number of carboxylic acids is 1. The van der Waals surface area contributed by atoms with Crippen LogP contribution >= 0.6 is 7.82 Å². The third-order valence-corrected chi connectivity index (χ3v) is 6.47. The number of nitrogen functional groups attached to an aromatic ring is 1. The first-order chi connectivity index (χ1) is 17.9. The summed E-state index contributed by atoms with van der Waals surface area (Å²) in [6, 6.07) is 3.48. The maximum Gasteiger partial charge on any atom is 0.469 e. The molecule has 0 saturated carbocycles. The van der Waals surface area contributed by atoms with E-state index in [1.807, 2.05) is 0 Å². The molecule has 2 aromatic rings. The minimum Gasteiger partial charge on any atom is -0.480 e. The second-order valence-electron chi connectivity index (χ2n) is 8.88. The van der Waals surface area contributed by atoms with Crippen LogP contribution in [0.25, 0.3) is 11.1 Å². The topological polar surface area (TPSA) is 232 Å². The van der Waals surface area contributed by atoms with Crippen molar-refractivity contribution in [3.05, 3.63) is 46.3 Å². The number of halogens is 1. The molecule has 38 heavy (non-hydrogen) atoms. The lowest BCUT2D eigenvalue weighted by Gasteiger charge is -2.18. The highest BCUT2D eigenvalue weighted by molar-refractivity contribution is 7.46. The molecule has 1 aliphatic rings. The summed E-state index contributed by atoms with van der Waals surface area (Å²) in [5, 5.41) is 22.2. The van der Waals surface area contributed by atoms with E-state index < -0.39 is 56.4 Å². The van der Waals surface area contributed by atoms with E-state index in [9.17, 15) is 23.7 Å². The lowest BCUT2D eigenvalue weighted by molar-refractivity contribution is -0.138. The van der Waals surface area contributed by atoms with E-state index in [-0.39, 0.29) is 23.4 Å². The Labute approximate surface area is 216 Å². The maximum absolute atomic E-state index is 14.8. The number of hydrogen-bond donors (Lipinski definition) is 7. The summed E-state index contributed by atoms with van der Waals surface area (Å²) < 4.78 is 36.7. The second-order valence-corrected chi connectivity index (χ2v) is 10.1. The minimum atomic E-state index is -4.79. The van der Waals surface area contributed by atoms with Crippen LogP contribution in [0, 0.1) is 5.82 Å². The first-order valence-electron chi connectivity index (χ1n) is 11.8. The van der Waals surface area contributed by atoms with Crippen LogP contribution in [-0.2, 0) is 25.2 Å². The van der Waals surface area contributed by atoms with Crippen molar-refractivity contribution < 1.29 is 43.0 Å². The molecule has 1 saturated heterocycles. The van der Waals surface area contributed by atoms with Gasteiger partial charge in [-0.15, -0.1) is 0 Å². The van der Waals surface area contributed by atoms with Gasteiger partial charge in [-0.1, -0.05) is 12.5 Å². The number of unbranched alkanes of at least 4 members (excludes halogenated alkanes) is 1. The van der Waals surface area contributed by atoms with Crippen molar-refractivity contribution in [3.63, 3.8) is 0 Å². The minimum absolute atomic E-state index is 0.0791. The number of aliphatic hydroxyl groups is 1. The predicted octanol–water partition coefficient (Wildman–Crippen LogP) is 0.0611. The largest absolute Gasteiger partial charge is 0.480 e. The van der Waals surface area contributed by atoms with Gasteiger partial charge in [-0.2, -0.15) is 4.98 Å². The summed E-state index contributed by atoms with van der Waals surface area (Å²) in [6.45, 7) is 0.355. The fourth-order valence-corrected chi connectivity index (χ4v) is 4.30. The van der Waals surface area contributed by atoms with Crippen LogP contribution in [-0.4, -0.2) is 66.9 Å². The molecular weight excluding hydrogens is 528 g/mol. The molecule has 0 aliphatic carbocycles. The molecule has 0 bridgehead atoms. The number of benzene rings is 1. The number of hydrogen-bond acceptors (Lipinski definition) is 10. The van der Waals surface area contributed by atoms with Gasteiger partial charge in [-0.05, 0) is 37.1 Å².